The monoisotopic (exact) mass is 372 g/mol. The van der Waals surface area contributed by atoms with Crippen molar-refractivity contribution in [2.45, 2.75) is 38.1 Å². The van der Waals surface area contributed by atoms with E-state index in [1.807, 2.05) is 0 Å². The number of carbonyl (C=O) groups excluding carboxylic acids is 3. The van der Waals surface area contributed by atoms with Gasteiger partial charge in [0.15, 0.2) is 6.61 Å². The number of aliphatic carboxylic acids is 1. The van der Waals surface area contributed by atoms with Gasteiger partial charge in [-0.3, -0.25) is 19.8 Å². The maximum absolute atomic E-state index is 12.9. The molecule has 0 unspecified atom stereocenters. The summed E-state index contributed by atoms with van der Waals surface area (Å²) in [5.74, 6) is -2.32. The highest BCUT2D eigenvalue weighted by Gasteiger charge is 2.40. The Bertz CT molecular complexity index is 810. The van der Waals surface area contributed by atoms with Crippen LogP contribution in [0.3, 0.4) is 0 Å². The number of carboxylic acid groups (broad SMARTS) is 1. The maximum Gasteiger partial charge on any atom is 0.341 e. The first-order chi connectivity index (χ1) is 13.0. The van der Waals surface area contributed by atoms with Gasteiger partial charge in [0.05, 0.1) is 0 Å². The van der Waals surface area contributed by atoms with Gasteiger partial charge >= 0.3 is 12.0 Å². The third kappa shape index (κ3) is 4.16. The molecule has 1 saturated heterocycles. The Morgan fingerprint density at radius 1 is 1.19 bits per heavy atom. The molecule has 0 radical (unpaired) electrons. The highest BCUT2D eigenvalue weighted by Crippen LogP contribution is 2.27. The van der Waals surface area contributed by atoms with Crippen molar-refractivity contribution in [2.24, 2.45) is 0 Å². The quantitative estimate of drug-likeness (QED) is 0.603. The Kier molecular flexibility index (Phi) is 5.54. The summed E-state index contributed by atoms with van der Waals surface area (Å²) in [5.41, 5.74) is 0.210. The van der Waals surface area contributed by atoms with Gasteiger partial charge in [-0.2, -0.15) is 0 Å². The van der Waals surface area contributed by atoms with Crippen molar-refractivity contribution in [3.8, 4) is 5.75 Å². The molecule has 1 heterocycles. The van der Waals surface area contributed by atoms with Crippen molar-refractivity contribution in [1.29, 1.82) is 0 Å². The summed E-state index contributed by atoms with van der Waals surface area (Å²) in [6.07, 6.45) is 5.70. The Balaban J connectivity index is 1.90. The molecule has 2 N–H and O–H groups in total. The predicted octanol–water partition coefficient (Wildman–Crippen LogP) is 1.94. The van der Waals surface area contributed by atoms with E-state index in [-0.39, 0.29) is 17.4 Å². The minimum absolute atomic E-state index is 0.174. The molecule has 1 aromatic carbocycles. The molecule has 0 bridgehead atoms. The molecular weight excluding hydrogens is 352 g/mol. The lowest BCUT2D eigenvalue weighted by Crippen LogP contribution is -2.58. The van der Waals surface area contributed by atoms with E-state index < -0.39 is 30.4 Å². The molecule has 8 nitrogen and oxygen atoms in total. The molecule has 2 aliphatic rings. The summed E-state index contributed by atoms with van der Waals surface area (Å²) in [6.45, 7) is -0.549. The number of benzene rings is 1. The molecule has 27 heavy (non-hydrogen) atoms. The van der Waals surface area contributed by atoms with E-state index in [1.54, 1.807) is 24.3 Å². The number of urea groups is 1. The van der Waals surface area contributed by atoms with Crippen LogP contribution in [0.5, 0.6) is 5.75 Å². The lowest BCUT2D eigenvalue weighted by Gasteiger charge is -2.35. The van der Waals surface area contributed by atoms with E-state index in [0.29, 0.717) is 5.56 Å². The minimum atomic E-state index is -1.14. The second-order valence-electron chi connectivity index (χ2n) is 6.50. The second kappa shape index (κ2) is 8.03. The zero-order valence-electron chi connectivity index (χ0n) is 14.6. The topological polar surface area (TPSA) is 113 Å². The van der Waals surface area contributed by atoms with E-state index >= 15 is 0 Å². The summed E-state index contributed by atoms with van der Waals surface area (Å²) >= 11 is 0. The van der Waals surface area contributed by atoms with Crippen LogP contribution >= 0.6 is 0 Å². The Morgan fingerprint density at radius 2 is 1.89 bits per heavy atom. The summed E-state index contributed by atoms with van der Waals surface area (Å²) in [6, 6.07) is 5.57. The molecule has 4 amide bonds. The van der Waals surface area contributed by atoms with Gasteiger partial charge in [-0.15, -0.1) is 0 Å². The zero-order valence-corrected chi connectivity index (χ0v) is 14.6. The van der Waals surface area contributed by atoms with Crippen LogP contribution in [0, 0.1) is 0 Å². The van der Waals surface area contributed by atoms with Gasteiger partial charge in [0.1, 0.15) is 11.3 Å². The highest BCUT2D eigenvalue weighted by molar-refractivity contribution is 6.31. The summed E-state index contributed by atoms with van der Waals surface area (Å²) in [5, 5.41) is 11.0. The third-order valence-electron chi connectivity index (χ3n) is 4.64. The van der Waals surface area contributed by atoms with Gasteiger partial charge < -0.3 is 9.84 Å². The molecule has 1 aliphatic carbocycles. The molecule has 0 atom stereocenters. The number of hydrogen-bond acceptors (Lipinski definition) is 5. The van der Waals surface area contributed by atoms with Crippen LogP contribution in [0.1, 0.15) is 37.7 Å². The Labute approximate surface area is 155 Å². The van der Waals surface area contributed by atoms with Gasteiger partial charge in [-0.05, 0) is 25.0 Å². The molecule has 1 saturated carbocycles. The second-order valence-corrected chi connectivity index (χ2v) is 6.50. The number of ether oxygens (including phenoxy) is 1. The first kappa shape index (κ1) is 18.6. The van der Waals surface area contributed by atoms with E-state index in [1.165, 1.54) is 6.08 Å². The summed E-state index contributed by atoms with van der Waals surface area (Å²) in [7, 11) is 0. The van der Waals surface area contributed by atoms with Crippen molar-refractivity contribution < 1.29 is 29.0 Å². The van der Waals surface area contributed by atoms with Gasteiger partial charge in [0, 0.05) is 11.6 Å². The smallest absolute Gasteiger partial charge is 0.341 e. The maximum atomic E-state index is 12.9. The molecule has 2 fully saturated rings. The lowest BCUT2D eigenvalue weighted by atomic mass is 9.93. The number of carboxylic acids is 1. The lowest BCUT2D eigenvalue weighted by molar-refractivity contribution is -0.139. The normalized spacial score (nSPS) is 19.9. The number of nitrogens with zero attached hydrogens (tertiary/aromatic N) is 1. The number of carbonyl (C=O) groups is 4. The molecule has 1 aromatic rings. The fourth-order valence-electron chi connectivity index (χ4n) is 3.37. The SMILES string of the molecule is O=C(O)COc1ccccc1C=C1C(=O)NC(=O)N(C2CCCCC2)C1=O. The van der Waals surface area contributed by atoms with Gasteiger partial charge in [-0.1, -0.05) is 37.5 Å². The zero-order chi connectivity index (χ0) is 19.4. The standard InChI is InChI=1S/C19H20N2O6/c22-16(23)11-27-15-9-5-4-6-12(15)10-14-17(24)20-19(26)21(18(14)25)13-7-2-1-3-8-13/h4-6,9-10,13H,1-3,7-8,11H2,(H,22,23)(H,20,24,26). The van der Waals surface area contributed by atoms with Crippen molar-refractivity contribution in [3.05, 3.63) is 35.4 Å². The fraction of sp³-hybridized carbons (Fsp3) is 0.368. The van der Waals surface area contributed by atoms with Crippen LogP contribution in [0.4, 0.5) is 4.79 Å². The Hall–Kier alpha value is -3.16. The number of para-hydroxylation sites is 1. The third-order valence-corrected chi connectivity index (χ3v) is 4.64. The van der Waals surface area contributed by atoms with Crippen LogP contribution in [0.15, 0.2) is 29.8 Å². The largest absolute Gasteiger partial charge is 0.481 e. The minimum Gasteiger partial charge on any atom is -0.481 e. The van der Waals surface area contributed by atoms with Crippen LogP contribution < -0.4 is 10.1 Å². The number of imide groups is 2. The van der Waals surface area contributed by atoms with Gasteiger partial charge in [0.2, 0.25) is 0 Å². The van der Waals surface area contributed by atoms with Crippen LogP contribution in [0.25, 0.3) is 6.08 Å². The average molecular weight is 372 g/mol. The van der Waals surface area contributed by atoms with Crippen LogP contribution in [-0.4, -0.2) is 46.5 Å². The van der Waals surface area contributed by atoms with Crippen molar-refractivity contribution in [1.82, 2.24) is 10.2 Å². The van der Waals surface area contributed by atoms with E-state index in [9.17, 15) is 19.2 Å². The fourth-order valence-corrected chi connectivity index (χ4v) is 3.37. The summed E-state index contributed by atoms with van der Waals surface area (Å²) in [4.78, 5) is 49.2. The van der Waals surface area contributed by atoms with Crippen LogP contribution in [0.2, 0.25) is 0 Å². The first-order valence-electron chi connectivity index (χ1n) is 8.81. The number of amides is 4. The number of hydrogen-bond donors (Lipinski definition) is 2. The number of nitrogens with one attached hydrogen (secondary N) is 1. The average Bonchev–Trinajstić information content (AvgIpc) is 2.65. The molecule has 1 aliphatic heterocycles. The molecule has 142 valence electrons. The first-order valence-corrected chi connectivity index (χ1v) is 8.81. The molecule has 3 rings (SSSR count). The molecule has 0 aromatic heterocycles. The van der Waals surface area contributed by atoms with Crippen molar-refractivity contribution in [2.75, 3.05) is 6.61 Å². The number of rotatable bonds is 5. The van der Waals surface area contributed by atoms with E-state index in [4.69, 9.17) is 9.84 Å². The van der Waals surface area contributed by atoms with E-state index in [0.717, 1.165) is 37.0 Å². The van der Waals surface area contributed by atoms with Crippen molar-refractivity contribution in [3.63, 3.8) is 0 Å². The molecule has 0 spiro atoms. The molecular formula is C19H20N2O6. The highest BCUT2D eigenvalue weighted by atomic mass is 16.5. The molecule has 8 heteroatoms. The van der Waals surface area contributed by atoms with E-state index in [2.05, 4.69) is 5.32 Å². The van der Waals surface area contributed by atoms with Crippen molar-refractivity contribution >= 4 is 29.9 Å². The number of barbiturate groups is 1. The predicted molar refractivity (Wildman–Crippen MR) is 94.8 cm³/mol. The Morgan fingerprint density at radius 3 is 2.59 bits per heavy atom. The summed E-state index contributed by atoms with van der Waals surface area (Å²) < 4.78 is 5.21. The van der Waals surface area contributed by atoms with Gasteiger partial charge in [-0.25, -0.2) is 9.59 Å². The van der Waals surface area contributed by atoms with Crippen LogP contribution in [-0.2, 0) is 14.4 Å². The van der Waals surface area contributed by atoms with Gasteiger partial charge in [0.25, 0.3) is 11.8 Å².